The van der Waals surface area contributed by atoms with Gasteiger partial charge in [0.2, 0.25) is 0 Å². The molecule has 172 valence electrons. The predicted octanol–water partition coefficient (Wildman–Crippen LogP) is 5.04. The summed E-state index contributed by atoms with van der Waals surface area (Å²) in [6.07, 6.45) is 10.8. The third-order valence-electron chi connectivity index (χ3n) is 9.74. The fourth-order valence-corrected chi connectivity index (χ4v) is 7.76. The lowest BCUT2D eigenvalue weighted by molar-refractivity contribution is -0.146. The van der Waals surface area contributed by atoms with Crippen LogP contribution in [0.3, 0.4) is 0 Å². The minimum Gasteiger partial charge on any atom is -0.318 e. The maximum Gasteiger partial charge on any atom is 0.351 e. The van der Waals surface area contributed by atoms with Crippen LogP contribution in [0.4, 0.5) is 0 Å². The third-order valence-corrected chi connectivity index (χ3v) is 9.74. The van der Waals surface area contributed by atoms with Crippen LogP contribution in [0.25, 0.3) is 0 Å². The molecule has 4 aliphatic carbocycles. The summed E-state index contributed by atoms with van der Waals surface area (Å²) in [5, 5.41) is 4.28. The zero-order valence-electron chi connectivity index (χ0n) is 19.9. The molecule has 0 aromatic heterocycles. The van der Waals surface area contributed by atoms with Gasteiger partial charge in [0.25, 0.3) is 0 Å². The largest absolute Gasteiger partial charge is 0.351 e. The summed E-state index contributed by atoms with van der Waals surface area (Å²) in [5.41, 5.74) is 8.70. The first-order valence-electron chi connectivity index (χ1n) is 12.3. The number of oxime groups is 1. The van der Waals surface area contributed by atoms with Crippen LogP contribution in [0, 0.1) is 40.4 Å². The SMILES string of the molecule is C/C(=N\OC(=O)C(N)C(C)C)[C@H]1CC[C@H]2[C@@H]3CCC4=CC(=O)CC[C@]4(C)[C@H]3CC[C@]12C. The van der Waals surface area contributed by atoms with Crippen molar-refractivity contribution in [3.8, 4) is 0 Å². The van der Waals surface area contributed by atoms with E-state index in [1.54, 1.807) is 0 Å². The highest BCUT2D eigenvalue weighted by Gasteiger charge is 2.59. The summed E-state index contributed by atoms with van der Waals surface area (Å²) in [5.74, 6) is 2.38. The van der Waals surface area contributed by atoms with Crippen molar-refractivity contribution in [1.29, 1.82) is 0 Å². The number of nitrogens with zero attached hydrogens (tertiary/aromatic N) is 1. The van der Waals surface area contributed by atoms with Crippen LogP contribution < -0.4 is 5.73 Å². The maximum absolute atomic E-state index is 12.2. The van der Waals surface area contributed by atoms with Gasteiger partial charge in [0.15, 0.2) is 5.78 Å². The minimum atomic E-state index is -0.633. The lowest BCUT2D eigenvalue weighted by Crippen LogP contribution is -2.51. The lowest BCUT2D eigenvalue weighted by atomic mass is 9.46. The van der Waals surface area contributed by atoms with Gasteiger partial charge < -0.3 is 10.6 Å². The average molecular weight is 429 g/mol. The van der Waals surface area contributed by atoms with E-state index in [1.807, 2.05) is 26.8 Å². The Hall–Kier alpha value is -1.49. The van der Waals surface area contributed by atoms with E-state index in [-0.39, 0.29) is 16.7 Å². The standard InChI is InChI=1S/C26H40N2O3/c1-15(2)23(27)24(30)31-28-16(3)20-8-9-21-19-7-6-17-14-18(29)10-12-25(17,4)22(19)11-13-26(20,21)5/h14-15,19-23H,6-13,27H2,1-5H3/b28-16+/t19-,20+,21-,22-,23?,25-,26+/m0/s1. The van der Waals surface area contributed by atoms with Crippen molar-refractivity contribution in [3.63, 3.8) is 0 Å². The van der Waals surface area contributed by atoms with Crippen molar-refractivity contribution in [2.75, 3.05) is 0 Å². The van der Waals surface area contributed by atoms with Crippen LogP contribution in [0.1, 0.15) is 86.0 Å². The van der Waals surface area contributed by atoms with Crippen LogP contribution in [-0.4, -0.2) is 23.5 Å². The Morgan fingerprint density at radius 2 is 1.87 bits per heavy atom. The molecule has 0 saturated heterocycles. The number of hydrogen-bond donors (Lipinski definition) is 1. The quantitative estimate of drug-likeness (QED) is 0.386. The predicted molar refractivity (Wildman–Crippen MR) is 122 cm³/mol. The van der Waals surface area contributed by atoms with E-state index in [9.17, 15) is 9.59 Å². The van der Waals surface area contributed by atoms with Crippen LogP contribution in [0.2, 0.25) is 0 Å². The molecule has 0 aromatic rings. The van der Waals surface area contributed by atoms with Gasteiger partial charge in [0.1, 0.15) is 6.04 Å². The Kier molecular flexibility index (Phi) is 5.95. The highest BCUT2D eigenvalue weighted by molar-refractivity contribution is 5.91. The molecule has 0 spiro atoms. The molecule has 31 heavy (non-hydrogen) atoms. The molecule has 4 aliphatic rings. The summed E-state index contributed by atoms with van der Waals surface area (Å²) in [4.78, 5) is 29.4. The number of carbonyl (C=O) groups is 2. The maximum atomic E-state index is 12.2. The van der Waals surface area contributed by atoms with E-state index in [4.69, 9.17) is 10.6 Å². The van der Waals surface area contributed by atoms with Crippen molar-refractivity contribution < 1.29 is 14.4 Å². The number of carbonyl (C=O) groups excluding carboxylic acids is 2. The molecule has 0 radical (unpaired) electrons. The highest BCUT2D eigenvalue weighted by atomic mass is 16.7. The summed E-state index contributed by atoms with van der Waals surface area (Å²) >= 11 is 0. The molecule has 3 saturated carbocycles. The van der Waals surface area contributed by atoms with E-state index in [2.05, 4.69) is 19.0 Å². The molecule has 2 N–H and O–H groups in total. The first kappa shape index (κ1) is 22.7. The van der Waals surface area contributed by atoms with Gasteiger partial charge in [0, 0.05) is 12.3 Å². The zero-order chi connectivity index (χ0) is 22.6. The average Bonchev–Trinajstić information content (AvgIpc) is 3.09. The van der Waals surface area contributed by atoms with Crippen LogP contribution >= 0.6 is 0 Å². The van der Waals surface area contributed by atoms with Gasteiger partial charge in [-0.3, -0.25) is 4.79 Å². The summed E-state index contributed by atoms with van der Waals surface area (Å²) < 4.78 is 0. The molecule has 0 amide bonds. The second-order valence-electron chi connectivity index (χ2n) is 11.6. The van der Waals surface area contributed by atoms with E-state index >= 15 is 0 Å². The van der Waals surface area contributed by atoms with E-state index < -0.39 is 12.0 Å². The topological polar surface area (TPSA) is 81.8 Å². The van der Waals surface area contributed by atoms with Gasteiger partial charge in [-0.05, 0) is 92.4 Å². The van der Waals surface area contributed by atoms with Crippen molar-refractivity contribution in [2.45, 2.75) is 92.0 Å². The molecule has 0 aliphatic heterocycles. The van der Waals surface area contributed by atoms with Crippen LogP contribution in [-0.2, 0) is 14.4 Å². The number of hydrogen-bond acceptors (Lipinski definition) is 5. The van der Waals surface area contributed by atoms with Gasteiger partial charge in [-0.15, -0.1) is 0 Å². The van der Waals surface area contributed by atoms with Crippen molar-refractivity contribution in [2.24, 2.45) is 51.3 Å². The first-order valence-corrected chi connectivity index (χ1v) is 12.3. The molecule has 5 nitrogen and oxygen atoms in total. The molecule has 0 bridgehead atoms. The zero-order valence-corrected chi connectivity index (χ0v) is 19.9. The number of fused-ring (bicyclic) bond motifs is 5. The molecule has 5 heteroatoms. The number of nitrogens with two attached hydrogens (primary N) is 1. The summed E-state index contributed by atoms with van der Waals surface area (Å²) in [7, 11) is 0. The van der Waals surface area contributed by atoms with Gasteiger partial charge in [-0.2, -0.15) is 0 Å². The second kappa shape index (κ2) is 8.13. The van der Waals surface area contributed by atoms with Gasteiger partial charge in [-0.1, -0.05) is 38.4 Å². The molecular formula is C26H40N2O3. The summed E-state index contributed by atoms with van der Waals surface area (Å²) in [6, 6.07) is -0.633. The smallest absolute Gasteiger partial charge is 0.318 e. The molecule has 7 atom stereocenters. The Balaban J connectivity index is 1.51. The first-order chi connectivity index (χ1) is 14.6. The molecule has 0 aromatic carbocycles. The van der Waals surface area contributed by atoms with E-state index in [1.165, 1.54) is 31.3 Å². The molecule has 3 fully saturated rings. The number of allylic oxidation sites excluding steroid dienone is 1. The molecule has 4 rings (SSSR count). The van der Waals surface area contributed by atoms with Crippen molar-refractivity contribution >= 4 is 17.5 Å². The molecule has 0 heterocycles. The Bertz CT molecular complexity index is 815. The fourth-order valence-electron chi connectivity index (χ4n) is 7.76. The van der Waals surface area contributed by atoms with Crippen LogP contribution in [0.5, 0.6) is 0 Å². The lowest BCUT2D eigenvalue weighted by Gasteiger charge is -2.58. The Labute approximate surface area is 187 Å². The van der Waals surface area contributed by atoms with E-state index in [0.29, 0.717) is 30.0 Å². The third kappa shape index (κ3) is 3.71. The fraction of sp³-hybridized carbons (Fsp3) is 0.808. The van der Waals surface area contributed by atoms with Gasteiger partial charge in [0.05, 0.1) is 5.71 Å². The molecule has 1 unspecified atom stereocenters. The second-order valence-corrected chi connectivity index (χ2v) is 11.6. The monoisotopic (exact) mass is 428 g/mol. The number of ketones is 1. The summed E-state index contributed by atoms with van der Waals surface area (Å²) in [6.45, 7) is 10.7. The Morgan fingerprint density at radius 3 is 2.58 bits per heavy atom. The number of rotatable bonds is 4. The van der Waals surface area contributed by atoms with Gasteiger partial charge in [-0.25, -0.2) is 4.79 Å². The normalized spacial score (nSPS) is 41.2. The van der Waals surface area contributed by atoms with E-state index in [0.717, 1.165) is 30.9 Å². The van der Waals surface area contributed by atoms with Crippen molar-refractivity contribution in [3.05, 3.63) is 11.6 Å². The van der Waals surface area contributed by atoms with Crippen LogP contribution in [0.15, 0.2) is 16.8 Å². The molecular weight excluding hydrogens is 388 g/mol. The highest BCUT2D eigenvalue weighted by Crippen LogP contribution is 2.66. The van der Waals surface area contributed by atoms with Crippen molar-refractivity contribution in [1.82, 2.24) is 0 Å². The van der Waals surface area contributed by atoms with Gasteiger partial charge >= 0.3 is 5.97 Å². The minimum absolute atomic E-state index is 0.0355. The Morgan fingerprint density at radius 1 is 1.13 bits per heavy atom.